The van der Waals surface area contributed by atoms with Gasteiger partial charge in [-0.25, -0.2) is 0 Å². The topological polar surface area (TPSA) is 38.7 Å². The van der Waals surface area contributed by atoms with E-state index in [1.807, 2.05) is 24.3 Å². The van der Waals surface area contributed by atoms with Crippen LogP contribution in [0.3, 0.4) is 0 Å². The lowest BCUT2D eigenvalue weighted by atomic mass is 10.1. The first-order valence-corrected chi connectivity index (χ1v) is 6.15. The first kappa shape index (κ1) is 14.0. The number of hydrogen-bond donors (Lipinski definition) is 1. The van der Waals surface area contributed by atoms with Crippen molar-refractivity contribution in [2.75, 3.05) is 20.3 Å². The Morgan fingerprint density at radius 3 is 2.82 bits per heavy atom. The van der Waals surface area contributed by atoms with Gasteiger partial charge in [-0.3, -0.25) is 0 Å². The largest absolute Gasteiger partial charge is 0.497 e. The standard InChI is InChI=1S/C14H22O3/c1-3-8-17-9-7-13(15)10-12-5-4-6-14(11-12)16-2/h4-6,11,13,15H,3,7-10H2,1-2H3. The molecule has 0 aliphatic rings. The molecule has 0 aliphatic carbocycles. The minimum absolute atomic E-state index is 0.348. The van der Waals surface area contributed by atoms with Gasteiger partial charge < -0.3 is 14.6 Å². The lowest BCUT2D eigenvalue weighted by molar-refractivity contribution is 0.0824. The summed E-state index contributed by atoms with van der Waals surface area (Å²) in [6, 6.07) is 7.80. The summed E-state index contributed by atoms with van der Waals surface area (Å²) < 4.78 is 10.5. The zero-order valence-corrected chi connectivity index (χ0v) is 10.7. The maximum atomic E-state index is 9.84. The van der Waals surface area contributed by atoms with Crippen molar-refractivity contribution < 1.29 is 14.6 Å². The second kappa shape index (κ2) is 8.09. The van der Waals surface area contributed by atoms with E-state index in [2.05, 4.69) is 6.92 Å². The molecule has 96 valence electrons. The third kappa shape index (κ3) is 5.71. The number of ether oxygens (including phenoxy) is 2. The van der Waals surface area contributed by atoms with Gasteiger partial charge in [0, 0.05) is 13.2 Å². The van der Waals surface area contributed by atoms with Crippen molar-refractivity contribution >= 4 is 0 Å². The van der Waals surface area contributed by atoms with Gasteiger partial charge in [-0.2, -0.15) is 0 Å². The summed E-state index contributed by atoms with van der Waals surface area (Å²) in [5, 5.41) is 9.84. The molecule has 0 saturated heterocycles. The Bertz CT molecular complexity index is 312. The summed E-state index contributed by atoms with van der Waals surface area (Å²) in [5.74, 6) is 0.830. The van der Waals surface area contributed by atoms with Crippen LogP contribution in [0.5, 0.6) is 5.75 Å². The summed E-state index contributed by atoms with van der Waals surface area (Å²) in [6.45, 7) is 3.47. The Hall–Kier alpha value is -1.06. The van der Waals surface area contributed by atoms with Crippen LogP contribution in [0.25, 0.3) is 0 Å². The molecule has 1 rings (SSSR count). The molecule has 0 heterocycles. The predicted molar refractivity (Wildman–Crippen MR) is 68.4 cm³/mol. The highest BCUT2D eigenvalue weighted by molar-refractivity contribution is 5.28. The van der Waals surface area contributed by atoms with Crippen molar-refractivity contribution in [1.29, 1.82) is 0 Å². The highest BCUT2D eigenvalue weighted by Crippen LogP contribution is 2.14. The molecule has 0 spiro atoms. The zero-order chi connectivity index (χ0) is 12.5. The second-order valence-electron chi connectivity index (χ2n) is 4.11. The Kier molecular flexibility index (Phi) is 6.67. The number of benzene rings is 1. The summed E-state index contributed by atoms with van der Waals surface area (Å²) in [6.07, 6.45) is 1.99. The minimum Gasteiger partial charge on any atom is -0.497 e. The first-order chi connectivity index (χ1) is 8.26. The number of aliphatic hydroxyl groups excluding tert-OH is 1. The first-order valence-electron chi connectivity index (χ1n) is 6.15. The van der Waals surface area contributed by atoms with E-state index < -0.39 is 0 Å². The Morgan fingerprint density at radius 2 is 2.12 bits per heavy atom. The van der Waals surface area contributed by atoms with Crippen molar-refractivity contribution in [3.63, 3.8) is 0 Å². The van der Waals surface area contributed by atoms with Crippen molar-refractivity contribution in [3.05, 3.63) is 29.8 Å². The SMILES string of the molecule is CCCOCCC(O)Cc1cccc(OC)c1. The van der Waals surface area contributed by atoms with Gasteiger partial charge in [-0.15, -0.1) is 0 Å². The van der Waals surface area contributed by atoms with Crippen molar-refractivity contribution in [1.82, 2.24) is 0 Å². The van der Waals surface area contributed by atoms with Crippen LogP contribution >= 0.6 is 0 Å². The third-order valence-corrected chi connectivity index (χ3v) is 2.55. The van der Waals surface area contributed by atoms with E-state index in [1.54, 1.807) is 7.11 Å². The van der Waals surface area contributed by atoms with Gasteiger partial charge in [-0.1, -0.05) is 19.1 Å². The van der Waals surface area contributed by atoms with Crippen LogP contribution in [-0.4, -0.2) is 31.5 Å². The van der Waals surface area contributed by atoms with Crippen LogP contribution in [0.1, 0.15) is 25.3 Å². The van der Waals surface area contributed by atoms with Crippen LogP contribution in [-0.2, 0) is 11.2 Å². The van der Waals surface area contributed by atoms with Gasteiger partial charge in [0.1, 0.15) is 5.75 Å². The third-order valence-electron chi connectivity index (χ3n) is 2.55. The fourth-order valence-corrected chi connectivity index (χ4v) is 1.64. The maximum absolute atomic E-state index is 9.84. The minimum atomic E-state index is -0.348. The van der Waals surface area contributed by atoms with E-state index in [9.17, 15) is 5.11 Å². The molecule has 0 fully saturated rings. The highest BCUT2D eigenvalue weighted by Gasteiger charge is 2.06. The molecule has 0 saturated carbocycles. The number of rotatable bonds is 8. The normalized spacial score (nSPS) is 12.4. The van der Waals surface area contributed by atoms with Gasteiger partial charge in [0.05, 0.1) is 13.2 Å². The van der Waals surface area contributed by atoms with Gasteiger partial charge in [-0.05, 0) is 37.0 Å². The second-order valence-corrected chi connectivity index (χ2v) is 4.11. The molecule has 0 amide bonds. The van der Waals surface area contributed by atoms with E-state index in [4.69, 9.17) is 9.47 Å². The number of aliphatic hydroxyl groups is 1. The fourth-order valence-electron chi connectivity index (χ4n) is 1.64. The summed E-state index contributed by atoms with van der Waals surface area (Å²) in [7, 11) is 1.65. The quantitative estimate of drug-likeness (QED) is 0.707. The van der Waals surface area contributed by atoms with Crippen LogP contribution in [0.2, 0.25) is 0 Å². The molecular formula is C14H22O3. The molecule has 3 heteroatoms. The molecule has 1 aromatic rings. The average molecular weight is 238 g/mol. The van der Waals surface area contributed by atoms with Crippen LogP contribution in [0.15, 0.2) is 24.3 Å². The Morgan fingerprint density at radius 1 is 1.29 bits per heavy atom. The van der Waals surface area contributed by atoms with Crippen LogP contribution in [0.4, 0.5) is 0 Å². The monoisotopic (exact) mass is 238 g/mol. The molecule has 1 N–H and O–H groups in total. The van der Waals surface area contributed by atoms with Crippen molar-refractivity contribution in [2.45, 2.75) is 32.3 Å². The summed E-state index contributed by atoms with van der Waals surface area (Å²) >= 11 is 0. The average Bonchev–Trinajstić information content (AvgIpc) is 2.35. The Labute approximate surface area is 103 Å². The molecule has 0 aliphatic heterocycles. The van der Waals surface area contributed by atoms with Crippen molar-refractivity contribution in [3.8, 4) is 5.75 Å². The van der Waals surface area contributed by atoms with E-state index in [0.29, 0.717) is 19.4 Å². The van der Waals surface area contributed by atoms with E-state index in [0.717, 1.165) is 24.3 Å². The van der Waals surface area contributed by atoms with Crippen LogP contribution < -0.4 is 4.74 Å². The summed E-state index contributed by atoms with van der Waals surface area (Å²) in [4.78, 5) is 0. The summed E-state index contributed by atoms with van der Waals surface area (Å²) in [5.41, 5.74) is 1.09. The molecule has 1 atom stereocenters. The molecule has 1 unspecified atom stereocenters. The van der Waals surface area contributed by atoms with E-state index >= 15 is 0 Å². The van der Waals surface area contributed by atoms with Crippen molar-refractivity contribution in [2.24, 2.45) is 0 Å². The smallest absolute Gasteiger partial charge is 0.119 e. The molecular weight excluding hydrogens is 216 g/mol. The van der Waals surface area contributed by atoms with Gasteiger partial charge in [0.2, 0.25) is 0 Å². The van der Waals surface area contributed by atoms with Gasteiger partial charge in [0.25, 0.3) is 0 Å². The predicted octanol–water partition coefficient (Wildman–Crippen LogP) is 2.42. The number of methoxy groups -OCH3 is 1. The molecule has 0 radical (unpaired) electrons. The Balaban J connectivity index is 2.31. The van der Waals surface area contributed by atoms with Gasteiger partial charge >= 0.3 is 0 Å². The van der Waals surface area contributed by atoms with Gasteiger partial charge in [0.15, 0.2) is 0 Å². The fraction of sp³-hybridized carbons (Fsp3) is 0.571. The molecule has 0 bridgehead atoms. The van der Waals surface area contributed by atoms with E-state index in [1.165, 1.54) is 0 Å². The maximum Gasteiger partial charge on any atom is 0.119 e. The zero-order valence-electron chi connectivity index (χ0n) is 10.7. The lowest BCUT2D eigenvalue weighted by Crippen LogP contribution is -2.14. The van der Waals surface area contributed by atoms with Crippen LogP contribution in [0, 0.1) is 0 Å². The molecule has 0 aromatic heterocycles. The molecule has 1 aromatic carbocycles. The molecule has 3 nitrogen and oxygen atoms in total. The number of hydrogen-bond acceptors (Lipinski definition) is 3. The lowest BCUT2D eigenvalue weighted by Gasteiger charge is -2.11. The molecule has 17 heavy (non-hydrogen) atoms. The highest BCUT2D eigenvalue weighted by atomic mass is 16.5. The van der Waals surface area contributed by atoms with E-state index in [-0.39, 0.29) is 6.10 Å².